The number of nitrogens with one attached hydrogen (secondary N) is 1. The quantitative estimate of drug-likeness (QED) is 0.555. The number of hydrogen-bond donors (Lipinski definition) is 1. The van der Waals surface area contributed by atoms with Gasteiger partial charge in [-0.05, 0) is 0 Å². The van der Waals surface area contributed by atoms with Crippen LogP contribution in [0.2, 0.25) is 0 Å². The van der Waals surface area contributed by atoms with Crippen molar-refractivity contribution in [2.45, 2.75) is 0 Å². The zero-order chi connectivity index (χ0) is 9.47. The fourth-order valence-electron chi connectivity index (χ4n) is 0.910. The molecule has 0 fully saturated rings. The molecule has 0 saturated heterocycles. The molecule has 0 radical (unpaired) electrons. The van der Waals surface area contributed by atoms with E-state index >= 15 is 0 Å². The van der Waals surface area contributed by atoms with Crippen LogP contribution in [0, 0.1) is 0 Å². The van der Waals surface area contributed by atoms with Crippen LogP contribution in [0.1, 0.15) is 0 Å². The summed E-state index contributed by atoms with van der Waals surface area (Å²) in [5.41, 5.74) is 0. The Labute approximate surface area is 73.7 Å². The van der Waals surface area contributed by atoms with Gasteiger partial charge in [0, 0.05) is 12.4 Å². The number of urea groups is 1. The van der Waals surface area contributed by atoms with Crippen molar-refractivity contribution in [1.29, 1.82) is 0 Å². The zero-order valence-corrected chi connectivity index (χ0v) is 7.02. The molecule has 13 heavy (non-hydrogen) atoms. The van der Waals surface area contributed by atoms with Gasteiger partial charge < -0.3 is 0 Å². The third kappa shape index (κ3) is 1.20. The maximum atomic E-state index is 11.2. The molecule has 0 unspecified atom stereocenters. The van der Waals surface area contributed by atoms with E-state index in [0.717, 1.165) is 4.31 Å². The molecule has 1 N–H and O–H groups in total. The van der Waals surface area contributed by atoms with Crippen LogP contribution in [-0.2, 0) is 10.2 Å². The highest BCUT2D eigenvalue weighted by molar-refractivity contribution is 7.88. The molecule has 8 heteroatoms. The van der Waals surface area contributed by atoms with E-state index in [-0.39, 0.29) is 5.84 Å². The molecule has 0 aliphatic carbocycles. The predicted octanol–water partition coefficient (Wildman–Crippen LogP) is -0.789. The number of hydrogen-bond acceptors (Lipinski definition) is 4. The van der Waals surface area contributed by atoms with E-state index in [9.17, 15) is 13.2 Å². The number of aliphatic imine (C=N–C) groups is 2. The third-order valence-electron chi connectivity index (χ3n) is 1.40. The average molecular weight is 200 g/mol. The summed E-state index contributed by atoms with van der Waals surface area (Å²) in [6, 6.07) is -0.909. The van der Waals surface area contributed by atoms with Crippen molar-refractivity contribution in [3.8, 4) is 0 Å². The minimum absolute atomic E-state index is 0.00810. The number of rotatable bonds is 0. The third-order valence-corrected chi connectivity index (χ3v) is 2.65. The lowest BCUT2D eigenvalue weighted by molar-refractivity contribution is 0.253. The summed E-state index contributed by atoms with van der Waals surface area (Å²) in [6.07, 6.45) is 3.68. The van der Waals surface area contributed by atoms with Gasteiger partial charge in [-0.15, -0.1) is 0 Å². The zero-order valence-electron chi connectivity index (χ0n) is 6.21. The van der Waals surface area contributed by atoms with Crippen LogP contribution in [-0.4, -0.2) is 30.8 Å². The molecule has 0 bridgehead atoms. The van der Waals surface area contributed by atoms with Crippen LogP contribution >= 0.6 is 0 Å². The Morgan fingerprint density at radius 2 is 2.23 bits per heavy atom. The van der Waals surface area contributed by atoms with Gasteiger partial charge in [-0.25, -0.2) is 13.8 Å². The second-order valence-corrected chi connectivity index (χ2v) is 3.80. The van der Waals surface area contributed by atoms with E-state index in [4.69, 9.17) is 0 Å². The van der Waals surface area contributed by atoms with Gasteiger partial charge in [0.15, 0.2) is 5.84 Å². The molecule has 2 rings (SSSR count). The number of nitrogens with zero attached hydrogens (tertiary/aromatic N) is 3. The first-order chi connectivity index (χ1) is 6.09. The predicted molar refractivity (Wildman–Crippen MR) is 44.4 cm³/mol. The van der Waals surface area contributed by atoms with Crippen LogP contribution in [0.5, 0.6) is 0 Å². The normalized spacial score (nSPS) is 23.5. The second-order valence-electron chi connectivity index (χ2n) is 2.25. The number of carbonyl (C=O) groups is 1. The molecule has 2 aliphatic heterocycles. The van der Waals surface area contributed by atoms with Crippen molar-refractivity contribution in [1.82, 2.24) is 9.03 Å². The monoisotopic (exact) mass is 200 g/mol. The highest BCUT2D eigenvalue weighted by Gasteiger charge is 2.31. The minimum atomic E-state index is -3.81. The smallest absolute Gasteiger partial charge is 0.259 e. The van der Waals surface area contributed by atoms with E-state index in [0.29, 0.717) is 0 Å². The molecule has 0 aromatic heterocycles. The Bertz CT molecular complexity index is 446. The van der Waals surface area contributed by atoms with Crippen molar-refractivity contribution < 1.29 is 13.2 Å². The van der Waals surface area contributed by atoms with Gasteiger partial charge in [0.1, 0.15) is 0 Å². The van der Waals surface area contributed by atoms with Crippen LogP contribution in [0.3, 0.4) is 0 Å². The van der Waals surface area contributed by atoms with Crippen LogP contribution in [0.25, 0.3) is 0 Å². The summed E-state index contributed by atoms with van der Waals surface area (Å²) in [5.74, 6) is -0.00810. The van der Waals surface area contributed by atoms with Gasteiger partial charge in [-0.1, -0.05) is 0 Å². The lowest BCUT2D eigenvalue weighted by Crippen LogP contribution is -2.48. The Hall–Kier alpha value is -1.70. The van der Waals surface area contributed by atoms with Crippen molar-refractivity contribution >= 4 is 28.3 Å². The first-order valence-corrected chi connectivity index (χ1v) is 4.68. The molecule has 7 nitrogen and oxygen atoms in total. The van der Waals surface area contributed by atoms with Crippen molar-refractivity contribution in [3.05, 3.63) is 12.4 Å². The van der Waals surface area contributed by atoms with E-state index in [1.54, 1.807) is 4.72 Å². The van der Waals surface area contributed by atoms with Gasteiger partial charge >= 0.3 is 16.2 Å². The molecular weight excluding hydrogens is 196 g/mol. The highest BCUT2D eigenvalue weighted by atomic mass is 32.2. The summed E-state index contributed by atoms with van der Waals surface area (Å²) >= 11 is 0. The Kier molecular flexibility index (Phi) is 1.46. The summed E-state index contributed by atoms with van der Waals surface area (Å²) in [4.78, 5) is 17.8. The number of carbonyl (C=O) groups excluding carboxylic acids is 1. The van der Waals surface area contributed by atoms with Crippen molar-refractivity contribution in [2.24, 2.45) is 9.98 Å². The van der Waals surface area contributed by atoms with Crippen LogP contribution < -0.4 is 4.72 Å². The van der Waals surface area contributed by atoms with E-state index < -0.39 is 16.2 Å². The Morgan fingerprint density at radius 1 is 1.46 bits per heavy atom. The fraction of sp³-hybridized carbons (Fsp3) is 0. The molecule has 0 aromatic rings. The molecule has 0 atom stereocenters. The maximum absolute atomic E-state index is 11.2. The maximum Gasteiger partial charge on any atom is 0.358 e. The van der Waals surface area contributed by atoms with Gasteiger partial charge in [-0.2, -0.15) is 13.4 Å². The standard InChI is InChI=1S/C5H4N4O3S/c10-5-7-4-3-6-1-2-9(4)13(11,12)8-5/h1-3H,(H,8,10). The number of amides is 2. The Balaban J connectivity index is 2.57. The van der Waals surface area contributed by atoms with Crippen LogP contribution in [0.4, 0.5) is 4.79 Å². The van der Waals surface area contributed by atoms with E-state index in [1.807, 2.05) is 0 Å². The number of fused-ring (bicyclic) bond motifs is 1. The minimum Gasteiger partial charge on any atom is -0.259 e. The average Bonchev–Trinajstić information content (AvgIpc) is 2.02. The fourth-order valence-corrected chi connectivity index (χ4v) is 1.82. The largest absolute Gasteiger partial charge is 0.358 e. The van der Waals surface area contributed by atoms with Gasteiger partial charge in [0.25, 0.3) is 0 Å². The van der Waals surface area contributed by atoms with Gasteiger partial charge in [0.05, 0.1) is 6.21 Å². The summed E-state index contributed by atoms with van der Waals surface area (Å²) in [7, 11) is -3.81. The first-order valence-electron chi connectivity index (χ1n) is 3.24. The summed E-state index contributed by atoms with van der Waals surface area (Å²) < 4.78 is 25.0. The molecule has 0 spiro atoms. The van der Waals surface area contributed by atoms with E-state index in [2.05, 4.69) is 9.98 Å². The first kappa shape index (κ1) is 7.92. The SMILES string of the molecule is O=C1N=C2C=NC=CN2S(=O)(=O)N1. The van der Waals surface area contributed by atoms with Crippen LogP contribution in [0.15, 0.2) is 22.4 Å². The van der Waals surface area contributed by atoms with Crippen molar-refractivity contribution in [2.75, 3.05) is 0 Å². The summed E-state index contributed by atoms with van der Waals surface area (Å²) in [6.45, 7) is 0. The molecule has 0 saturated carbocycles. The molecule has 0 aromatic carbocycles. The molecule has 2 amide bonds. The van der Waals surface area contributed by atoms with Gasteiger partial charge in [-0.3, -0.25) is 4.99 Å². The molecular formula is C5H4N4O3S. The highest BCUT2D eigenvalue weighted by Crippen LogP contribution is 2.09. The van der Waals surface area contributed by atoms with E-state index in [1.165, 1.54) is 18.6 Å². The lowest BCUT2D eigenvalue weighted by Gasteiger charge is -2.23. The number of amidine groups is 1. The Morgan fingerprint density at radius 3 is 3.00 bits per heavy atom. The topological polar surface area (TPSA) is 91.2 Å². The lowest BCUT2D eigenvalue weighted by atomic mass is 10.5. The molecule has 68 valence electrons. The second kappa shape index (κ2) is 2.39. The molecule has 2 heterocycles. The van der Waals surface area contributed by atoms with Gasteiger partial charge in [0.2, 0.25) is 0 Å². The molecule has 2 aliphatic rings. The van der Waals surface area contributed by atoms with Crippen molar-refractivity contribution in [3.63, 3.8) is 0 Å². The summed E-state index contributed by atoms with van der Waals surface area (Å²) in [5, 5.41) is 0.